The van der Waals surface area contributed by atoms with Crippen molar-refractivity contribution >= 4 is 17.5 Å². The first-order valence-corrected chi connectivity index (χ1v) is 10.7. The van der Waals surface area contributed by atoms with E-state index in [9.17, 15) is 19.7 Å². The number of hydrogen-bond donors (Lipinski definition) is 1. The molecular formula is C24H31N3O5. The van der Waals surface area contributed by atoms with E-state index in [-0.39, 0.29) is 36.4 Å². The van der Waals surface area contributed by atoms with Crippen LogP contribution in [0, 0.1) is 16.0 Å². The molecule has 2 aromatic carbocycles. The van der Waals surface area contributed by atoms with Gasteiger partial charge in [-0.25, -0.2) is 0 Å². The third kappa shape index (κ3) is 6.80. The van der Waals surface area contributed by atoms with Gasteiger partial charge in [0, 0.05) is 24.7 Å². The van der Waals surface area contributed by atoms with E-state index >= 15 is 0 Å². The lowest BCUT2D eigenvalue weighted by Gasteiger charge is -2.31. The highest BCUT2D eigenvalue weighted by Gasteiger charge is 2.30. The molecule has 2 amide bonds. The van der Waals surface area contributed by atoms with Crippen LogP contribution < -0.4 is 10.1 Å². The highest BCUT2D eigenvalue weighted by atomic mass is 16.6. The van der Waals surface area contributed by atoms with Crippen LogP contribution in [0.4, 0.5) is 5.69 Å². The molecule has 0 saturated carbocycles. The molecule has 2 rings (SSSR count). The van der Waals surface area contributed by atoms with Gasteiger partial charge in [0.2, 0.25) is 11.8 Å². The quantitative estimate of drug-likeness (QED) is 0.423. The summed E-state index contributed by atoms with van der Waals surface area (Å²) in [7, 11) is 1.57. The normalized spacial score (nSPS) is 11.7. The van der Waals surface area contributed by atoms with Crippen molar-refractivity contribution in [2.75, 3.05) is 13.7 Å². The Kier molecular flexibility index (Phi) is 9.19. The molecule has 0 radical (unpaired) electrons. The second-order valence-electron chi connectivity index (χ2n) is 8.00. The van der Waals surface area contributed by atoms with Gasteiger partial charge in [0.15, 0.2) is 0 Å². The summed E-state index contributed by atoms with van der Waals surface area (Å²) in [6.07, 6.45) is 0.254. The van der Waals surface area contributed by atoms with E-state index < -0.39 is 11.0 Å². The number of nitro benzene ring substituents is 1. The Hall–Kier alpha value is -3.42. The van der Waals surface area contributed by atoms with E-state index in [1.165, 1.54) is 11.0 Å². The van der Waals surface area contributed by atoms with E-state index in [4.69, 9.17) is 4.74 Å². The van der Waals surface area contributed by atoms with Crippen molar-refractivity contribution in [1.82, 2.24) is 10.2 Å². The van der Waals surface area contributed by atoms with Crippen LogP contribution in [0.2, 0.25) is 0 Å². The summed E-state index contributed by atoms with van der Waals surface area (Å²) >= 11 is 0. The van der Waals surface area contributed by atoms with Gasteiger partial charge in [-0.3, -0.25) is 19.7 Å². The third-order valence-corrected chi connectivity index (χ3v) is 5.11. The fourth-order valence-electron chi connectivity index (χ4n) is 3.37. The Morgan fingerprint density at radius 2 is 1.78 bits per heavy atom. The Morgan fingerprint density at radius 1 is 1.12 bits per heavy atom. The second-order valence-corrected chi connectivity index (χ2v) is 8.00. The number of ether oxygens (including phenoxy) is 1. The number of methoxy groups -OCH3 is 1. The molecule has 172 valence electrons. The molecule has 0 aliphatic heterocycles. The first-order valence-electron chi connectivity index (χ1n) is 10.7. The van der Waals surface area contributed by atoms with Gasteiger partial charge >= 0.3 is 0 Å². The minimum atomic E-state index is -0.689. The first kappa shape index (κ1) is 24.8. The van der Waals surface area contributed by atoms with E-state index in [2.05, 4.69) is 5.32 Å². The van der Waals surface area contributed by atoms with E-state index in [1.54, 1.807) is 37.4 Å². The lowest BCUT2D eigenvalue weighted by molar-refractivity contribution is -0.385. The highest BCUT2D eigenvalue weighted by Crippen LogP contribution is 2.21. The first-order chi connectivity index (χ1) is 15.3. The van der Waals surface area contributed by atoms with E-state index in [0.29, 0.717) is 24.3 Å². The zero-order valence-electron chi connectivity index (χ0n) is 19.0. The van der Waals surface area contributed by atoms with Gasteiger partial charge in [0.1, 0.15) is 11.8 Å². The average Bonchev–Trinajstić information content (AvgIpc) is 2.78. The summed E-state index contributed by atoms with van der Waals surface area (Å²) in [5.41, 5.74) is 1.04. The predicted octanol–water partition coefficient (Wildman–Crippen LogP) is 3.73. The minimum absolute atomic E-state index is 0.109. The monoisotopic (exact) mass is 441 g/mol. The lowest BCUT2D eigenvalue weighted by Crippen LogP contribution is -2.50. The molecule has 0 saturated heterocycles. The molecule has 0 aliphatic rings. The molecule has 0 aromatic heterocycles. The van der Waals surface area contributed by atoms with Crippen molar-refractivity contribution in [3.8, 4) is 5.75 Å². The third-order valence-electron chi connectivity index (χ3n) is 5.11. The van der Waals surface area contributed by atoms with Gasteiger partial charge in [0.25, 0.3) is 5.69 Å². The SMILES string of the molecule is CC[C@@H](C(=O)NCC(C)C)N(Cc1ccc(OC)cc1)C(=O)Cc1ccccc1[N+](=O)[O-]. The molecule has 0 spiro atoms. The fourth-order valence-corrected chi connectivity index (χ4v) is 3.37. The summed E-state index contributed by atoms with van der Waals surface area (Å²) in [5, 5.41) is 14.3. The van der Waals surface area contributed by atoms with Gasteiger partial charge < -0.3 is 15.0 Å². The van der Waals surface area contributed by atoms with Gasteiger partial charge in [-0.1, -0.05) is 51.1 Å². The molecule has 0 fully saturated rings. The number of benzene rings is 2. The number of hydrogen-bond acceptors (Lipinski definition) is 5. The number of amides is 2. The Labute approximate surface area is 188 Å². The number of carbonyl (C=O) groups is 2. The standard InChI is InChI=1S/C24H31N3O5/c1-5-21(24(29)25-15-17(2)3)26(16-18-10-12-20(32-4)13-11-18)23(28)14-19-8-6-7-9-22(19)27(30)31/h6-13,17,21H,5,14-16H2,1-4H3,(H,25,29)/t21-/m0/s1. The smallest absolute Gasteiger partial charge is 0.273 e. The Morgan fingerprint density at radius 3 is 2.34 bits per heavy atom. The molecular weight excluding hydrogens is 410 g/mol. The topological polar surface area (TPSA) is 102 Å². The molecule has 0 bridgehead atoms. The van der Waals surface area contributed by atoms with Crippen LogP contribution in [-0.2, 0) is 22.6 Å². The molecule has 8 heteroatoms. The molecule has 2 aromatic rings. The number of nitrogens with zero attached hydrogens (tertiary/aromatic N) is 2. The van der Waals surface area contributed by atoms with Crippen LogP contribution in [0.5, 0.6) is 5.75 Å². The Bertz CT molecular complexity index is 927. The van der Waals surface area contributed by atoms with Crippen LogP contribution in [-0.4, -0.2) is 41.3 Å². The van der Waals surface area contributed by atoms with Crippen LogP contribution in [0.3, 0.4) is 0 Å². The summed E-state index contributed by atoms with van der Waals surface area (Å²) in [5.74, 6) is 0.384. The maximum Gasteiger partial charge on any atom is 0.273 e. The van der Waals surface area contributed by atoms with E-state index in [1.807, 2.05) is 32.9 Å². The summed E-state index contributed by atoms with van der Waals surface area (Å²) in [6.45, 7) is 6.55. The number of nitrogens with one attached hydrogen (secondary N) is 1. The van der Waals surface area contributed by atoms with Gasteiger partial charge in [-0.2, -0.15) is 0 Å². The lowest BCUT2D eigenvalue weighted by atomic mass is 10.0. The number of para-hydroxylation sites is 1. The van der Waals surface area contributed by atoms with Gasteiger partial charge in [-0.15, -0.1) is 0 Å². The van der Waals surface area contributed by atoms with Crippen LogP contribution in [0.1, 0.15) is 38.3 Å². The average molecular weight is 442 g/mol. The molecule has 32 heavy (non-hydrogen) atoms. The molecule has 1 atom stereocenters. The van der Waals surface area contributed by atoms with Crippen molar-refractivity contribution in [2.45, 2.75) is 46.2 Å². The minimum Gasteiger partial charge on any atom is -0.497 e. The van der Waals surface area contributed by atoms with Gasteiger partial charge in [0.05, 0.1) is 18.5 Å². The largest absolute Gasteiger partial charge is 0.497 e. The highest BCUT2D eigenvalue weighted by molar-refractivity contribution is 5.88. The van der Waals surface area contributed by atoms with Crippen molar-refractivity contribution in [3.63, 3.8) is 0 Å². The molecule has 1 N–H and O–H groups in total. The zero-order valence-corrected chi connectivity index (χ0v) is 19.0. The molecule has 0 aliphatic carbocycles. The van der Waals surface area contributed by atoms with Crippen LogP contribution in [0.25, 0.3) is 0 Å². The van der Waals surface area contributed by atoms with Crippen LogP contribution in [0.15, 0.2) is 48.5 Å². The molecule has 8 nitrogen and oxygen atoms in total. The number of nitro groups is 1. The van der Waals surface area contributed by atoms with Gasteiger partial charge in [-0.05, 0) is 30.0 Å². The maximum absolute atomic E-state index is 13.4. The molecule has 0 heterocycles. The second kappa shape index (κ2) is 11.8. The molecule has 0 unspecified atom stereocenters. The fraction of sp³-hybridized carbons (Fsp3) is 0.417. The zero-order chi connectivity index (χ0) is 23.7. The summed E-state index contributed by atoms with van der Waals surface area (Å²) in [4.78, 5) is 38.7. The summed E-state index contributed by atoms with van der Waals surface area (Å²) < 4.78 is 5.19. The maximum atomic E-state index is 13.4. The van der Waals surface area contributed by atoms with Crippen molar-refractivity contribution < 1.29 is 19.2 Å². The van der Waals surface area contributed by atoms with Crippen molar-refractivity contribution in [3.05, 3.63) is 69.8 Å². The number of rotatable bonds is 11. The summed E-state index contributed by atoms with van der Waals surface area (Å²) in [6, 6.07) is 12.7. The van der Waals surface area contributed by atoms with Crippen LogP contribution >= 0.6 is 0 Å². The predicted molar refractivity (Wildman–Crippen MR) is 122 cm³/mol. The Balaban J connectivity index is 2.33. The number of carbonyl (C=O) groups excluding carboxylic acids is 2. The van der Waals surface area contributed by atoms with E-state index in [0.717, 1.165) is 5.56 Å². The van der Waals surface area contributed by atoms with Crippen molar-refractivity contribution in [2.24, 2.45) is 5.92 Å². The van der Waals surface area contributed by atoms with Crippen molar-refractivity contribution in [1.29, 1.82) is 0 Å².